The minimum absolute atomic E-state index is 0.921. The lowest BCUT2D eigenvalue weighted by Crippen LogP contribution is -2.10. The zero-order valence-electron chi connectivity index (χ0n) is 41.5. The van der Waals surface area contributed by atoms with Crippen LogP contribution in [0.15, 0.2) is 291 Å². The molecule has 12 aromatic carbocycles. The van der Waals surface area contributed by atoms with Gasteiger partial charge in [-0.3, -0.25) is 0 Å². The number of nitrogens with zero attached hydrogens (tertiary/aromatic N) is 4. The third-order valence-corrected chi connectivity index (χ3v) is 14.7. The van der Waals surface area contributed by atoms with E-state index in [-0.39, 0.29) is 0 Å². The summed E-state index contributed by atoms with van der Waals surface area (Å²) in [7, 11) is 0. The third kappa shape index (κ3) is 8.15. The van der Waals surface area contributed by atoms with E-state index < -0.39 is 0 Å². The molecular formula is C72H48N4. The van der Waals surface area contributed by atoms with Crippen molar-refractivity contribution in [3.63, 3.8) is 0 Å². The first-order chi connectivity index (χ1) is 37.7. The number of anilines is 6. The van der Waals surface area contributed by atoms with Crippen LogP contribution in [0.5, 0.6) is 0 Å². The number of pyridine rings is 2. The van der Waals surface area contributed by atoms with Crippen molar-refractivity contribution in [1.29, 1.82) is 0 Å². The molecule has 0 atom stereocenters. The fourth-order valence-corrected chi connectivity index (χ4v) is 11.2. The molecule has 14 aromatic rings. The molecule has 0 saturated carbocycles. The average Bonchev–Trinajstić information content (AvgIpc) is 3.51. The normalized spacial score (nSPS) is 11.4. The number of hydrogen-bond donors (Lipinski definition) is 0. The predicted octanol–water partition coefficient (Wildman–Crippen LogP) is 19.9. The second kappa shape index (κ2) is 19.0. The minimum atomic E-state index is 0.921. The number of aromatic nitrogens is 2. The van der Waals surface area contributed by atoms with Gasteiger partial charge in [0, 0.05) is 56.0 Å². The molecule has 0 radical (unpaired) electrons. The molecule has 76 heavy (non-hydrogen) atoms. The SMILES string of the molecule is c1ccc(-c2cc(-c3cccc(N(c4ccccc4)c4ccc5ccccc5c4)c3)c3c(ccc4c3ccc3nc(-c5ccccc5)cc(-c5cccc(N(c6ccccc6)c6ccc7ccccc7c6)c5)c34)n2)cc1. The molecule has 14 rings (SSSR count). The summed E-state index contributed by atoms with van der Waals surface area (Å²) in [6, 6.07) is 104. The van der Waals surface area contributed by atoms with Gasteiger partial charge in [-0.2, -0.15) is 0 Å². The second-order valence-electron chi connectivity index (χ2n) is 19.4. The van der Waals surface area contributed by atoms with Crippen molar-refractivity contribution < 1.29 is 0 Å². The molecule has 0 amide bonds. The summed E-state index contributed by atoms with van der Waals surface area (Å²) in [5.41, 5.74) is 16.7. The highest BCUT2D eigenvalue weighted by Gasteiger charge is 2.21. The fraction of sp³-hybridized carbons (Fsp3) is 0. The maximum Gasteiger partial charge on any atom is 0.0722 e. The molecule has 0 saturated heterocycles. The number of fused-ring (bicyclic) bond motifs is 7. The second-order valence-corrected chi connectivity index (χ2v) is 19.4. The van der Waals surface area contributed by atoms with E-state index in [1.54, 1.807) is 0 Å². The first-order valence-electron chi connectivity index (χ1n) is 25.9. The van der Waals surface area contributed by atoms with E-state index in [0.29, 0.717) is 0 Å². The van der Waals surface area contributed by atoms with Gasteiger partial charge in [0.2, 0.25) is 0 Å². The summed E-state index contributed by atoms with van der Waals surface area (Å²) in [6.45, 7) is 0. The third-order valence-electron chi connectivity index (χ3n) is 14.7. The van der Waals surface area contributed by atoms with Gasteiger partial charge in [-0.15, -0.1) is 0 Å². The minimum Gasteiger partial charge on any atom is -0.310 e. The van der Waals surface area contributed by atoms with Gasteiger partial charge >= 0.3 is 0 Å². The van der Waals surface area contributed by atoms with E-state index in [2.05, 4.69) is 301 Å². The molecule has 0 fully saturated rings. The van der Waals surface area contributed by atoms with Crippen LogP contribution in [0.25, 0.3) is 98.9 Å². The molecule has 0 N–H and O–H groups in total. The van der Waals surface area contributed by atoms with E-state index in [4.69, 9.17) is 9.97 Å². The lowest BCUT2D eigenvalue weighted by Gasteiger charge is -2.26. The highest BCUT2D eigenvalue weighted by atomic mass is 15.1. The van der Waals surface area contributed by atoms with Crippen LogP contribution in [-0.4, -0.2) is 9.97 Å². The Morgan fingerprint density at radius 1 is 0.224 bits per heavy atom. The van der Waals surface area contributed by atoms with Gasteiger partial charge in [0.05, 0.1) is 22.4 Å². The molecule has 356 valence electrons. The molecule has 4 nitrogen and oxygen atoms in total. The Balaban J connectivity index is 0.999. The van der Waals surface area contributed by atoms with Gasteiger partial charge in [0.25, 0.3) is 0 Å². The monoisotopic (exact) mass is 968 g/mol. The Morgan fingerprint density at radius 3 is 0.987 bits per heavy atom. The van der Waals surface area contributed by atoms with Crippen LogP contribution in [0, 0.1) is 0 Å². The summed E-state index contributed by atoms with van der Waals surface area (Å²) in [5.74, 6) is 0. The number of para-hydroxylation sites is 2. The zero-order chi connectivity index (χ0) is 50.4. The summed E-state index contributed by atoms with van der Waals surface area (Å²) in [5, 5.41) is 9.21. The van der Waals surface area contributed by atoms with Crippen molar-refractivity contribution in [1.82, 2.24) is 9.97 Å². The standard InChI is InChI=1S/C72H48N4/c1-5-21-51(22-6-1)69-47-65(55-27-17-33-59(45-55)75(57-29-9-3-10-30-57)61-37-35-49-19-13-15-25-53(49)43-61)71-63-40-42-68-72(64(63)39-41-67(71)73-69)66(48-70(74-68)52-23-7-2-8-24-52)56-28-18-34-60(46-56)76(58-31-11-4-12-32-58)62-38-36-50-20-14-16-26-54(50)44-62/h1-48H. The summed E-state index contributed by atoms with van der Waals surface area (Å²) < 4.78 is 0. The van der Waals surface area contributed by atoms with Crippen LogP contribution in [0.4, 0.5) is 34.1 Å². The van der Waals surface area contributed by atoms with Crippen LogP contribution in [0.2, 0.25) is 0 Å². The molecule has 2 heterocycles. The van der Waals surface area contributed by atoms with E-state index in [1.807, 2.05) is 0 Å². The maximum absolute atomic E-state index is 5.45. The Labute approximate surface area is 441 Å². The van der Waals surface area contributed by atoms with Crippen molar-refractivity contribution in [3.8, 4) is 44.8 Å². The van der Waals surface area contributed by atoms with E-state index >= 15 is 0 Å². The Hall–Kier alpha value is -10.2. The Morgan fingerprint density at radius 2 is 0.566 bits per heavy atom. The average molecular weight is 969 g/mol. The molecule has 0 aliphatic heterocycles. The molecule has 0 spiro atoms. The highest BCUT2D eigenvalue weighted by molar-refractivity contribution is 6.23. The zero-order valence-corrected chi connectivity index (χ0v) is 41.5. The fourth-order valence-electron chi connectivity index (χ4n) is 11.2. The molecule has 4 heteroatoms. The van der Waals surface area contributed by atoms with Gasteiger partial charge in [0.1, 0.15) is 0 Å². The number of rotatable bonds is 10. The summed E-state index contributed by atoms with van der Waals surface area (Å²) >= 11 is 0. The Kier molecular flexibility index (Phi) is 11.2. The van der Waals surface area contributed by atoms with Crippen molar-refractivity contribution in [2.45, 2.75) is 0 Å². The summed E-state index contributed by atoms with van der Waals surface area (Å²) in [4.78, 5) is 15.6. The van der Waals surface area contributed by atoms with Gasteiger partial charge in [-0.05, 0) is 152 Å². The van der Waals surface area contributed by atoms with Crippen LogP contribution in [0.3, 0.4) is 0 Å². The van der Waals surface area contributed by atoms with Crippen molar-refractivity contribution in [3.05, 3.63) is 291 Å². The van der Waals surface area contributed by atoms with Crippen LogP contribution in [0.1, 0.15) is 0 Å². The molecule has 0 aliphatic carbocycles. The van der Waals surface area contributed by atoms with E-state index in [0.717, 1.165) is 111 Å². The van der Waals surface area contributed by atoms with Crippen LogP contribution in [-0.2, 0) is 0 Å². The van der Waals surface area contributed by atoms with Gasteiger partial charge in [-0.25, -0.2) is 9.97 Å². The molecular weight excluding hydrogens is 921 g/mol. The number of benzene rings is 12. The highest BCUT2D eigenvalue weighted by Crippen LogP contribution is 2.45. The summed E-state index contributed by atoms with van der Waals surface area (Å²) in [6.07, 6.45) is 0. The quantitative estimate of drug-likeness (QED) is 0.128. The first kappa shape index (κ1) is 44.5. The van der Waals surface area contributed by atoms with Crippen LogP contribution >= 0.6 is 0 Å². The van der Waals surface area contributed by atoms with Crippen molar-refractivity contribution in [2.75, 3.05) is 9.80 Å². The van der Waals surface area contributed by atoms with E-state index in [1.165, 1.54) is 21.5 Å². The van der Waals surface area contributed by atoms with Crippen molar-refractivity contribution in [2.24, 2.45) is 0 Å². The molecule has 2 aromatic heterocycles. The lowest BCUT2D eigenvalue weighted by molar-refractivity contribution is 1.29. The molecule has 0 unspecified atom stereocenters. The first-order valence-corrected chi connectivity index (χ1v) is 25.9. The number of hydrogen-bond acceptors (Lipinski definition) is 4. The largest absolute Gasteiger partial charge is 0.310 e. The smallest absolute Gasteiger partial charge is 0.0722 e. The predicted molar refractivity (Wildman–Crippen MR) is 321 cm³/mol. The Bertz CT molecular complexity index is 4170. The van der Waals surface area contributed by atoms with E-state index in [9.17, 15) is 0 Å². The lowest BCUT2D eigenvalue weighted by atomic mass is 9.90. The topological polar surface area (TPSA) is 32.3 Å². The van der Waals surface area contributed by atoms with Gasteiger partial charge in [0.15, 0.2) is 0 Å². The molecule has 0 aliphatic rings. The van der Waals surface area contributed by atoms with Gasteiger partial charge in [-0.1, -0.05) is 194 Å². The van der Waals surface area contributed by atoms with Gasteiger partial charge < -0.3 is 9.80 Å². The van der Waals surface area contributed by atoms with Crippen molar-refractivity contribution >= 4 is 88.2 Å². The maximum atomic E-state index is 5.45. The van der Waals surface area contributed by atoms with Crippen LogP contribution < -0.4 is 9.80 Å². The molecule has 0 bridgehead atoms.